The lowest BCUT2D eigenvalue weighted by molar-refractivity contribution is 0.128. The SMILES string of the molecule is COCn1c(=O)oc2cc(N)ccc21. The van der Waals surface area contributed by atoms with E-state index in [0.717, 1.165) is 0 Å². The van der Waals surface area contributed by atoms with Crippen LogP contribution in [0.5, 0.6) is 0 Å². The molecular formula is C9H10N2O3. The van der Waals surface area contributed by atoms with Crippen molar-refractivity contribution in [2.75, 3.05) is 12.8 Å². The van der Waals surface area contributed by atoms with E-state index in [-0.39, 0.29) is 6.73 Å². The smallest absolute Gasteiger partial charge is 0.408 e. The molecule has 5 nitrogen and oxygen atoms in total. The predicted octanol–water partition coefficient (Wildman–Crippen LogP) is 0.781. The zero-order chi connectivity index (χ0) is 10.1. The highest BCUT2D eigenvalue weighted by Gasteiger charge is 2.07. The maximum atomic E-state index is 11.3. The van der Waals surface area contributed by atoms with Crippen LogP contribution in [-0.2, 0) is 11.5 Å². The van der Waals surface area contributed by atoms with Gasteiger partial charge in [-0.1, -0.05) is 0 Å². The molecule has 2 rings (SSSR count). The van der Waals surface area contributed by atoms with Gasteiger partial charge in [-0.15, -0.1) is 0 Å². The van der Waals surface area contributed by atoms with Gasteiger partial charge in [0, 0.05) is 18.9 Å². The normalized spacial score (nSPS) is 10.9. The Kier molecular flexibility index (Phi) is 2.01. The van der Waals surface area contributed by atoms with Crippen molar-refractivity contribution in [3.8, 4) is 0 Å². The molecular weight excluding hydrogens is 184 g/mol. The number of hydrogen-bond donors (Lipinski definition) is 1. The topological polar surface area (TPSA) is 70.4 Å². The van der Waals surface area contributed by atoms with Gasteiger partial charge in [-0.25, -0.2) is 9.36 Å². The Morgan fingerprint density at radius 3 is 3.07 bits per heavy atom. The Balaban J connectivity index is 2.71. The second-order valence-electron chi connectivity index (χ2n) is 2.94. The summed E-state index contributed by atoms with van der Waals surface area (Å²) in [7, 11) is 1.52. The molecule has 0 aliphatic rings. The molecule has 0 bridgehead atoms. The summed E-state index contributed by atoms with van der Waals surface area (Å²) in [6.45, 7) is 0.176. The van der Waals surface area contributed by atoms with E-state index in [4.69, 9.17) is 14.9 Å². The fourth-order valence-corrected chi connectivity index (χ4v) is 1.33. The minimum Gasteiger partial charge on any atom is -0.408 e. The number of nitrogens with two attached hydrogens (primary N) is 1. The van der Waals surface area contributed by atoms with Gasteiger partial charge in [0.1, 0.15) is 6.73 Å². The van der Waals surface area contributed by atoms with E-state index in [1.54, 1.807) is 18.2 Å². The van der Waals surface area contributed by atoms with Gasteiger partial charge >= 0.3 is 5.76 Å². The molecule has 2 aromatic rings. The zero-order valence-corrected chi connectivity index (χ0v) is 7.69. The number of anilines is 1. The van der Waals surface area contributed by atoms with Crippen LogP contribution in [0.1, 0.15) is 0 Å². The van der Waals surface area contributed by atoms with E-state index in [0.29, 0.717) is 16.8 Å². The second-order valence-corrected chi connectivity index (χ2v) is 2.94. The van der Waals surface area contributed by atoms with Crippen molar-refractivity contribution in [1.29, 1.82) is 0 Å². The van der Waals surface area contributed by atoms with Crippen LogP contribution in [-0.4, -0.2) is 11.7 Å². The quantitative estimate of drug-likeness (QED) is 0.717. The molecule has 2 N–H and O–H groups in total. The van der Waals surface area contributed by atoms with Crippen LogP contribution in [0.2, 0.25) is 0 Å². The molecule has 0 saturated carbocycles. The molecule has 0 amide bonds. The lowest BCUT2D eigenvalue weighted by Crippen LogP contribution is -2.14. The van der Waals surface area contributed by atoms with Crippen LogP contribution in [0.4, 0.5) is 5.69 Å². The van der Waals surface area contributed by atoms with Gasteiger partial charge in [0.25, 0.3) is 0 Å². The number of aromatic nitrogens is 1. The summed E-state index contributed by atoms with van der Waals surface area (Å²) >= 11 is 0. The van der Waals surface area contributed by atoms with E-state index < -0.39 is 5.76 Å². The molecule has 0 aliphatic carbocycles. The Bertz CT molecular complexity index is 512. The van der Waals surface area contributed by atoms with Crippen LogP contribution in [0.15, 0.2) is 27.4 Å². The third-order valence-corrected chi connectivity index (χ3v) is 1.95. The van der Waals surface area contributed by atoms with Crippen molar-refractivity contribution in [2.24, 2.45) is 0 Å². The fourth-order valence-electron chi connectivity index (χ4n) is 1.33. The van der Waals surface area contributed by atoms with Gasteiger partial charge in [0.05, 0.1) is 5.52 Å². The molecule has 1 aromatic heterocycles. The monoisotopic (exact) mass is 194 g/mol. The van der Waals surface area contributed by atoms with Gasteiger partial charge in [-0.05, 0) is 12.1 Å². The number of nitrogens with zero attached hydrogens (tertiary/aromatic N) is 1. The highest BCUT2D eigenvalue weighted by molar-refractivity contribution is 5.76. The van der Waals surface area contributed by atoms with E-state index >= 15 is 0 Å². The van der Waals surface area contributed by atoms with Gasteiger partial charge in [0.2, 0.25) is 0 Å². The highest BCUT2D eigenvalue weighted by Crippen LogP contribution is 2.15. The number of fused-ring (bicyclic) bond motifs is 1. The first kappa shape index (κ1) is 8.83. The Hall–Kier alpha value is -1.75. The summed E-state index contributed by atoms with van der Waals surface area (Å²) in [5, 5.41) is 0. The zero-order valence-electron chi connectivity index (χ0n) is 7.69. The largest absolute Gasteiger partial charge is 0.421 e. The van der Waals surface area contributed by atoms with Gasteiger partial charge < -0.3 is 14.9 Å². The molecule has 1 aromatic carbocycles. The summed E-state index contributed by atoms with van der Waals surface area (Å²) < 4.78 is 11.3. The van der Waals surface area contributed by atoms with E-state index in [9.17, 15) is 4.79 Å². The summed E-state index contributed by atoms with van der Waals surface area (Å²) in [6.07, 6.45) is 0. The predicted molar refractivity (Wildman–Crippen MR) is 51.9 cm³/mol. The first-order chi connectivity index (χ1) is 6.72. The van der Waals surface area contributed by atoms with Crippen LogP contribution in [0.3, 0.4) is 0 Å². The van der Waals surface area contributed by atoms with Crippen molar-refractivity contribution >= 4 is 16.8 Å². The molecule has 0 aliphatic heterocycles. The molecule has 14 heavy (non-hydrogen) atoms. The molecule has 1 heterocycles. The number of oxazole rings is 1. The summed E-state index contributed by atoms with van der Waals surface area (Å²) in [4.78, 5) is 11.3. The fraction of sp³-hybridized carbons (Fsp3) is 0.222. The Morgan fingerprint density at radius 1 is 1.57 bits per heavy atom. The standard InChI is InChI=1S/C9H10N2O3/c1-13-5-11-7-3-2-6(10)4-8(7)14-9(11)12/h2-4H,5,10H2,1H3. The van der Waals surface area contributed by atoms with Crippen LogP contribution in [0.25, 0.3) is 11.1 Å². The van der Waals surface area contributed by atoms with Crippen molar-refractivity contribution in [1.82, 2.24) is 4.57 Å². The molecule has 0 saturated heterocycles. The first-order valence-corrected chi connectivity index (χ1v) is 4.10. The second kappa shape index (κ2) is 3.19. The third-order valence-electron chi connectivity index (χ3n) is 1.95. The van der Waals surface area contributed by atoms with Crippen molar-refractivity contribution in [3.05, 3.63) is 28.7 Å². The molecule has 0 atom stereocenters. The van der Waals surface area contributed by atoms with Crippen molar-refractivity contribution in [3.63, 3.8) is 0 Å². The highest BCUT2D eigenvalue weighted by atomic mass is 16.5. The van der Waals surface area contributed by atoms with Gasteiger partial charge in [-0.3, -0.25) is 0 Å². The van der Waals surface area contributed by atoms with Crippen LogP contribution >= 0.6 is 0 Å². The minimum absolute atomic E-state index is 0.176. The lowest BCUT2D eigenvalue weighted by Gasteiger charge is -1.98. The number of ether oxygens (including phenoxy) is 1. The number of benzene rings is 1. The molecule has 0 unspecified atom stereocenters. The van der Waals surface area contributed by atoms with E-state index in [2.05, 4.69) is 0 Å². The Morgan fingerprint density at radius 2 is 2.36 bits per heavy atom. The maximum absolute atomic E-state index is 11.3. The molecule has 0 radical (unpaired) electrons. The number of hydrogen-bond acceptors (Lipinski definition) is 4. The number of methoxy groups -OCH3 is 1. The molecule has 0 spiro atoms. The van der Waals surface area contributed by atoms with Gasteiger partial charge in [-0.2, -0.15) is 0 Å². The average Bonchev–Trinajstić information content (AvgIpc) is 2.43. The number of rotatable bonds is 2. The first-order valence-electron chi connectivity index (χ1n) is 4.10. The third kappa shape index (κ3) is 1.27. The average molecular weight is 194 g/mol. The van der Waals surface area contributed by atoms with Crippen LogP contribution in [0, 0.1) is 0 Å². The maximum Gasteiger partial charge on any atom is 0.421 e. The lowest BCUT2D eigenvalue weighted by atomic mass is 10.3. The minimum atomic E-state index is -0.438. The van der Waals surface area contributed by atoms with Crippen molar-refractivity contribution in [2.45, 2.75) is 6.73 Å². The summed E-state index contributed by atoms with van der Waals surface area (Å²) in [5.74, 6) is -0.438. The van der Waals surface area contributed by atoms with E-state index in [1.807, 2.05) is 0 Å². The molecule has 0 fully saturated rings. The summed E-state index contributed by atoms with van der Waals surface area (Å²) in [5.41, 5.74) is 7.29. The van der Waals surface area contributed by atoms with Crippen LogP contribution < -0.4 is 11.5 Å². The van der Waals surface area contributed by atoms with Crippen molar-refractivity contribution < 1.29 is 9.15 Å². The molecule has 5 heteroatoms. The van der Waals surface area contributed by atoms with E-state index in [1.165, 1.54) is 11.7 Å². The summed E-state index contributed by atoms with van der Waals surface area (Å²) in [6, 6.07) is 5.06. The Labute approximate surface area is 79.7 Å². The molecule has 74 valence electrons. The number of nitrogen functional groups attached to an aromatic ring is 1. The van der Waals surface area contributed by atoms with Gasteiger partial charge in [0.15, 0.2) is 5.58 Å².